The Morgan fingerprint density at radius 1 is 1.32 bits per heavy atom. The van der Waals surface area contributed by atoms with E-state index in [4.69, 9.17) is 5.73 Å². The molecule has 4 N–H and O–H groups in total. The highest BCUT2D eigenvalue weighted by Crippen LogP contribution is 2.37. The monoisotopic (exact) mass is 337 g/mol. The van der Waals surface area contributed by atoms with Gasteiger partial charge in [-0.05, 0) is 25.0 Å². The summed E-state index contributed by atoms with van der Waals surface area (Å²) >= 11 is 1.70. The first-order chi connectivity index (χ1) is 10.2. The second-order valence-electron chi connectivity index (χ2n) is 5.05. The summed E-state index contributed by atoms with van der Waals surface area (Å²) < 4.78 is 1.14. The topological polar surface area (TPSA) is 79.6 Å². The second kappa shape index (κ2) is 6.98. The number of hydrogen-bond donors (Lipinski definition) is 3. The van der Waals surface area contributed by atoms with E-state index in [-0.39, 0.29) is 12.4 Å². The molecule has 0 aliphatic heterocycles. The Morgan fingerprint density at radius 3 is 2.73 bits per heavy atom. The Bertz CT molecular complexity index is 734. The number of halogens is 1. The van der Waals surface area contributed by atoms with Crippen molar-refractivity contribution in [3.05, 3.63) is 24.4 Å². The van der Waals surface area contributed by atoms with Gasteiger partial charge in [-0.25, -0.2) is 4.98 Å². The number of hydrogen-bond acceptors (Lipinski definition) is 5. The van der Waals surface area contributed by atoms with E-state index in [1.54, 1.807) is 17.5 Å². The molecule has 3 heterocycles. The van der Waals surface area contributed by atoms with Crippen molar-refractivity contribution in [1.29, 1.82) is 0 Å². The van der Waals surface area contributed by atoms with E-state index >= 15 is 0 Å². The maximum atomic E-state index is 5.94. The molecule has 5 nitrogen and oxygen atoms in total. The third-order valence-electron chi connectivity index (χ3n) is 3.61. The van der Waals surface area contributed by atoms with E-state index < -0.39 is 0 Å². The second-order valence-corrected chi connectivity index (χ2v) is 6.10. The molecule has 22 heavy (non-hydrogen) atoms. The Labute approximate surface area is 139 Å². The standard InChI is InChI=1S/C15H19N5S.ClH/c1-3-9(4-2)18-12-8-14(16)19-11-7-13(21-15(11)12)10-5-6-17-20-10;/h5-9H,3-4H2,1-2H3,(H,17,20)(H3,16,18,19);1H. The molecule has 3 aromatic rings. The molecule has 0 saturated carbocycles. The molecule has 118 valence electrons. The van der Waals surface area contributed by atoms with Gasteiger partial charge in [0.15, 0.2) is 0 Å². The summed E-state index contributed by atoms with van der Waals surface area (Å²) in [7, 11) is 0. The number of thiophene rings is 1. The molecule has 0 fully saturated rings. The Kier molecular flexibility index (Phi) is 5.26. The van der Waals surface area contributed by atoms with Crippen LogP contribution in [0.25, 0.3) is 20.8 Å². The van der Waals surface area contributed by atoms with Crippen LogP contribution in [0.15, 0.2) is 24.4 Å². The molecular formula is C15H20ClN5S. The first-order valence-electron chi connectivity index (χ1n) is 7.17. The van der Waals surface area contributed by atoms with Gasteiger partial charge < -0.3 is 11.1 Å². The predicted octanol–water partition coefficient (Wildman–Crippen LogP) is 4.29. The third kappa shape index (κ3) is 3.18. The maximum Gasteiger partial charge on any atom is 0.126 e. The predicted molar refractivity (Wildman–Crippen MR) is 96.9 cm³/mol. The maximum absolute atomic E-state index is 5.94. The van der Waals surface area contributed by atoms with Crippen LogP contribution in [0, 0.1) is 0 Å². The van der Waals surface area contributed by atoms with Gasteiger partial charge in [0.2, 0.25) is 0 Å². The van der Waals surface area contributed by atoms with E-state index in [2.05, 4.69) is 40.4 Å². The molecule has 0 aliphatic carbocycles. The summed E-state index contributed by atoms with van der Waals surface area (Å²) in [6.45, 7) is 4.38. The van der Waals surface area contributed by atoms with E-state index in [0.29, 0.717) is 11.9 Å². The number of rotatable bonds is 5. The lowest BCUT2D eigenvalue weighted by molar-refractivity contribution is 0.672. The van der Waals surface area contributed by atoms with Crippen LogP contribution in [0.3, 0.4) is 0 Å². The van der Waals surface area contributed by atoms with Crippen molar-refractivity contribution in [3.8, 4) is 10.6 Å². The van der Waals surface area contributed by atoms with Crippen LogP contribution in [0.5, 0.6) is 0 Å². The highest BCUT2D eigenvalue weighted by Gasteiger charge is 2.13. The van der Waals surface area contributed by atoms with Crippen LogP contribution in [0.1, 0.15) is 26.7 Å². The molecule has 0 amide bonds. The van der Waals surface area contributed by atoms with E-state index in [9.17, 15) is 0 Å². The van der Waals surface area contributed by atoms with Gasteiger partial charge in [-0.2, -0.15) is 5.10 Å². The number of aromatic nitrogens is 3. The molecule has 3 aromatic heterocycles. The van der Waals surface area contributed by atoms with Crippen LogP contribution in [0.2, 0.25) is 0 Å². The molecule has 0 atom stereocenters. The molecular weight excluding hydrogens is 318 g/mol. The summed E-state index contributed by atoms with van der Waals surface area (Å²) in [5.74, 6) is 0.546. The molecule has 0 aliphatic rings. The molecule has 3 rings (SSSR count). The summed E-state index contributed by atoms with van der Waals surface area (Å²) in [6.07, 6.45) is 3.92. The van der Waals surface area contributed by atoms with Crippen molar-refractivity contribution in [3.63, 3.8) is 0 Å². The van der Waals surface area contributed by atoms with Crippen molar-refractivity contribution in [2.24, 2.45) is 0 Å². The Morgan fingerprint density at radius 2 is 2.09 bits per heavy atom. The van der Waals surface area contributed by atoms with Crippen molar-refractivity contribution < 1.29 is 0 Å². The zero-order valence-electron chi connectivity index (χ0n) is 12.6. The van der Waals surface area contributed by atoms with Crippen molar-refractivity contribution in [2.45, 2.75) is 32.7 Å². The van der Waals surface area contributed by atoms with E-state index in [0.717, 1.165) is 39.3 Å². The number of nitrogens with zero attached hydrogens (tertiary/aromatic N) is 2. The number of pyridine rings is 1. The van der Waals surface area contributed by atoms with Crippen LogP contribution in [0.4, 0.5) is 11.5 Å². The zero-order valence-corrected chi connectivity index (χ0v) is 14.2. The number of H-pyrrole nitrogens is 1. The van der Waals surface area contributed by atoms with Crippen molar-refractivity contribution in [2.75, 3.05) is 11.1 Å². The minimum Gasteiger partial charge on any atom is -0.384 e. The van der Waals surface area contributed by atoms with Crippen LogP contribution >= 0.6 is 23.7 Å². The first-order valence-corrected chi connectivity index (χ1v) is 7.99. The molecule has 0 aromatic carbocycles. The Balaban J connectivity index is 0.00000176. The van der Waals surface area contributed by atoms with Crippen LogP contribution in [-0.2, 0) is 0 Å². The van der Waals surface area contributed by atoms with Gasteiger partial charge in [-0.3, -0.25) is 5.10 Å². The lowest BCUT2D eigenvalue weighted by atomic mass is 10.1. The number of aromatic amines is 1. The average molecular weight is 338 g/mol. The smallest absolute Gasteiger partial charge is 0.126 e. The molecule has 0 spiro atoms. The van der Waals surface area contributed by atoms with Gasteiger partial charge >= 0.3 is 0 Å². The molecule has 0 unspecified atom stereocenters. The zero-order chi connectivity index (χ0) is 14.8. The van der Waals surface area contributed by atoms with Crippen molar-refractivity contribution in [1.82, 2.24) is 15.2 Å². The molecule has 0 bridgehead atoms. The molecule has 7 heteroatoms. The highest BCUT2D eigenvalue weighted by atomic mass is 35.5. The highest BCUT2D eigenvalue weighted by molar-refractivity contribution is 7.22. The van der Waals surface area contributed by atoms with E-state index in [1.807, 2.05) is 12.1 Å². The van der Waals surface area contributed by atoms with Crippen LogP contribution in [-0.4, -0.2) is 21.2 Å². The fourth-order valence-corrected chi connectivity index (χ4v) is 3.44. The fraction of sp³-hybridized carbons (Fsp3) is 0.333. The minimum atomic E-state index is 0. The van der Waals surface area contributed by atoms with Gasteiger partial charge in [0.25, 0.3) is 0 Å². The fourth-order valence-electron chi connectivity index (χ4n) is 2.39. The van der Waals surface area contributed by atoms with Crippen LogP contribution < -0.4 is 11.1 Å². The lowest BCUT2D eigenvalue weighted by Crippen LogP contribution is -2.17. The normalized spacial score (nSPS) is 10.9. The van der Waals surface area contributed by atoms with Gasteiger partial charge in [-0.15, -0.1) is 23.7 Å². The Hall–Kier alpha value is -1.79. The number of nitrogens with two attached hydrogens (primary N) is 1. The summed E-state index contributed by atoms with van der Waals surface area (Å²) in [6, 6.07) is 6.39. The minimum absolute atomic E-state index is 0. The largest absolute Gasteiger partial charge is 0.384 e. The number of anilines is 2. The summed E-state index contributed by atoms with van der Waals surface area (Å²) in [4.78, 5) is 5.56. The summed E-state index contributed by atoms with van der Waals surface area (Å²) in [5, 5.41) is 10.6. The average Bonchev–Trinajstić information content (AvgIpc) is 3.12. The number of nitrogen functional groups attached to an aromatic ring is 1. The SMILES string of the molecule is CCC(CC)Nc1cc(N)nc2cc(-c3ccn[nH]3)sc12.Cl. The van der Waals surface area contributed by atoms with Gasteiger partial charge in [0.1, 0.15) is 5.82 Å². The lowest BCUT2D eigenvalue weighted by Gasteiger charge is -2.17. The van der Waals surface area contributed by atoms with Gasteiger partial charge in [-0.1, -0.05) is 13.8 Å². The first kappa shape index (κ1) is 16.6. The van der Waals surface area contributed by atoms with Crippen molar-refractivity contribution >= 4 is 45.5 Å². The molecule has 0 saturated heterocycles. The van der Waals surface area contributed by atoms with E-state index in [1.165, 1.54) is 0 Å². The molecule has 0 radical (unpaired) electrons. The van der Waals surface area contributed by atoms with Gasteiger partial charge in [0, 0.05) is 18.3 Å². The quantitative estimate of drug-likeness (QED) is 0.648. The number of fused-ring (bicyclic) bond motifs is 1. The third-order valence-corrected chi connectivity index (χ3v) is 4.80. The summed E-state index contributed by atoms with van der Waals surface area (Å²) in [5.41, 5.74) is 8.95. The van der Waals surface area contributed by atoms with Gasteiger partial charge in [0.05, 0.1) is 26.5 Å². The number of nitrogens with one attached hydrogen (secondary N) is 2.